The van der Waals surface area contributed by atoms with Crippen LogP contribution in [0.4, 0.5) is 5.69 Å². The summed E-state index contributed by atoms with van der Waals surface area (Å²) in [6.07, 6.45) is 0. The molecule has 0 aliphatic carbocycles. The smallest absolute Gasteiger partial charge is 0.255 e. The number of benzene rings is 3. The van der Waals surface area contributed by atoms with Gasteiger partial charge in [-0.15, -0.1) is 0 Å². The number of carbonyl (C=O) groups is 2. The minimum atomic E-state index is -0.324. The molecule has 8 heteroatoms. The summed E-state index contributed by atoms with van der Waals surface area (Å²) in [7, 11) is 4.73. The fraction of sp³-hybridized carbons (Fsp3) is 0.259. The van der Waals surface area contributed by atoms with E-state index < -0.39 is 0 Å². The molecule has 0 aromatic heterocycles. The molecule has 3 aromatic carbocycles. The van der Waals surface area contributed by atoms with Crippen molar-refractivity contribution in [1.82, 2.24) is 5.32 Å². The van der Waals surface area contributed by atoms with Gasteiger partial charge in [-0.3, -0.25) is 9.59 Å². The summed E-state index contributed by atoms with van der Waals surface area (Å²) in [6.45, 7) is 2.74. The van der Waals surface area contributed by atoms with E-state index in [-0.39, 0.29) is 17.9 Å². The van der Waals surface area contributed by atoms with E-state index in [1.807, 2.05) is 19.1 Å². The van der Waals surface area contributed by atoms with Crippen LogP contribution in [-0.2, 0) is 4.74 Å². The van der Waals surface area contributed by atoms with Crippen LogP contribution in [0, 0.1) is 0 Å². The van der Waals surface area contributed by atoms with Crippen LogP contribution in [0.3, 0.4) is 0 Å². The number of ether oxygens (including phenoxy) is 4. The van der Waals surface area contributed by atoms with Gasteiger partial charge in [0.05, 0.1) is 38.1 Å². The van der Waals surface area contributed by atoms with Gasteiger partial charge in [0.2, 0.25) is 0 Å². The lowest BCUT2D eigenvalue weighted by molar-refractivity contribution is 0.0940. The molecule has 2 N–H and O–H groups in total. The zero-order chi connectivity index (χ0) is 25.2. The van der Waals surface area contributed by atoms with Gasteiger partial charge in [-0.1, -0.05) is 18.2 Å². The Bertz CT molecular complexity index is 1150. The number of carbonyl (C=O) groups excluding carboxylic acids is 2. The fourth-order valence-electron chi connectivity index (χ4n) is 3.39. The molecule has 0 spiro atoms. The molecule has 35 heavy (non-hydrogen) atoms. The van der Waals surface area contributed by atoms with Gasteiger partial charge >= 0.3 is 0 Å². The molecule has 0 radical (unpaired) electrons. The molecule has 3 rings (SSSR count). The fourth-order valence-corrected chi connectivity index (χ4v) is 3.39. The first kappa shape index (κ1) is 25.6. The van der Waals surface area contributed by atoms with Crippen LogP contribution in [0.2, 0.25) is 0 Å². The molecule has 3 aromatic rings. The highest BCUT2D eigenvalue weighted by atomic mass is 16.5. The molecule has 0 bridgehead atoms. The third-order valence-electron chi connectivity index (χ3n) is 5.35. The Morgan fingerprint density at radius 1 is 0.829 bits per heavy atom. The van der Waals surface area contributed by atoms with E-state index >= 15 is 0 Å². The Morgan fingerprint density at radius 3 is 2.26 bits per heavy atom. The maximum absolute atomic E-state index is 13.1. The van der Waals surface area contributed by atoms with Crippen LogP contribution in [0.15, 0.2) is 66.7 Å². The highest BCUT2D eigenvalue weighted by Crippen LogP contribution is 2.30. The van der Waals surface area contributed by atoms with Crippen molar-refractivity contribution in [3.8, 4) is 17.2 Å². The third kappa shape index (κ3) is 6.74. The summed E-state index contributed by atoms with van der Waals surface area (Å²) in [5.74, 6) is 1.17. The molecule has 8 nitrogen and oxygen atoms in total. The number of para-hydroxylation sites is 1. The number of hydrogen-bond donors (Lipinski definition) is 2. The van der Waals surface area contributed by atoms with Gasteiger partial charge in [-0.05, 0) is 61.0 Å². The van der Waals surface area contributed by atoms with Crippen molar-refractivity contribution < 1.29 is 28.5 Å². The largest absolute Gasteiger partial charge is 0.497 e. The Hall–Kier alpha value is -4.04. The molecule has 0 fully saturated rings. The van der Waals surface area contributed by atoms with Gasteiger partial charge in [-0.25, -0.2) is 0 Å². The molecule has 0 aliphatic rings. The van der Waals surface area contributed by atoms with Crippen molar-refractivity contribution in [1.29, 1.82) is 0 Å². The second-order valence-corrected chi connectivity index (χ2v) is 7.67. The molecular weight excluding hydrogens is 448 g/mol. The third-order valence-corrected chi connectivity index (χ3v) is 5.35. The first-order valence-electron chi connectivity index (χ1n) is 11.1. The van der Waals surface area contributed by atoms with E-state index in [9.17, 15) is 9.59 Å². The lowest BCUT2D eigenvalue weighted by Crippen LogP contribution is -2.28. The van der Waals surface area contributed by atoms with E-state index in [1.165, 1.54) is 0 Å². The lowest BCUT2D eigenvalue weighted by Gasteiger charge is -2.18. The monoisotopic (exact) mass is 478 g/mol. The van der Waals surface area contributed by atoms with Crippen molar-refractivity contribution >= 4 is 17.5 Å². The van der Waals surface area contributed by atoms with Crippen LogP contribution >= 0.6 is 0 Å². The average molecular weight is 479 g/mol. The molecule has 0 aliphatic heterocycles. The Balaban J connectivity index is 1.71. The zero-order valence-electron chi connectivity index (χ0n) is 20.3. The molecule has 1 unspecified atom stereocenters. The summed E-state index contributed by atoms with van der Waals surface area (Å²) in [5.41, 5.74) is 2.06. The van der Waals surface area contributed by atoms with Gasteiger partial charge in [0.1, 0.15) is 12.4 Å². The van der Waals surface area contributed by atoms with Crippen LogP contribution in [0.5, 0.6) is 17.2 Å². The standard InChI is InChI=1S/C27H30N2O6/c1-18(20-11-14-24(25(17-20)34-4)35-16-15-32-2)28-27(31)22-7-5-6-8-23(22)29-26(30)19-9-12-21(33-3)13-10-19/h5-14,17-18H,15-16H2,1-4H3,(H,28,31)(H,29,30). The van der Waals surface area contributed by atoms with E-state index in [0.717, 1.165) is 5.56 Å². The summed E-state index contributed by atoms with van der Waals surface area (Å²) >= 11 is 0. The molecule has 184 valence electrons. The number of rotatable bonds is 11. The van der Waals surface area contributed by atoms with Crippen molar-refractivity contribution in [3.05, 3.63) is 83.4 Å². The second kappa shape index (κ2) is 12.4. The minimum absolute atomic E-state index is 0.317. The highest BCUT2D eigenvalue weighted by molar-refractivity contribution is 6.09. The van der Waals surface area contributed by atoms with Gasteiger partial charge < -0.3 is 29.6 Å². The molecule has 0 saturated carbocycles. The first-order valence-corrected chi connectivity index (χ1v) is 11.1. The van der Waals surface area contributed by atoms with E-state index in [0.29, 0.717) is 47.3 Å². The number of methoxy groups -OCH3 is 3. The van der Waals surface area contributed by atoms with Crippen molar-refractivity contribution in [2.24, 2.45) is 0 Å². The highest BCUT2D eigenvalue weighted by Gasteiger charge is 2.18. The SMILES string of the molecule is COCCOc1ccc(C(C)NC(=O)c2ccccc2NC(=O)c2ccc(OC)cc2)cc1OC. The quantitative estimate of drug-likeness (QED) is 0.395. The maximum Gasteiger partial charge on any atom is 0.255 e. The Kier molecular flexibility index (Phi) is 9.09. The van der Waals surface area contributed by atoms with Crippen molar-refractivity contribution in [2.75, 3.05) is 39.9 Å². The van der Waals surface area contributed by atoms with Crippen molar-refractivity contribution in [2.45, 2.75) is 13.0 Å². The number of hydrogen-bond acceptors (Lipinski definition) is 6. The molecule has 2 amide bonds. The second-order valence-electron chi connectivity index (χ2n) is 7.67. The van der Waals surface area contributed by atoms with Gasteiger partial charge in [0.25, 0.3) is 11.8 Å². The normalized spacial score (nSPS) is 11.3. The summed E-state index contributed by atoms with van der Waals surface area (Å²) in [6, 6.07) is 18.8. The maximum atomic E-state index is 13.1. The molecule has 0 saturated heterocycles. The number of nitrogens with one attached hydrogen (secondary N) is 2. The van der Waals surface area contributed by atoms with Gasteiger partial charge in [0, 0.05) is 12.7 Å². The summed E-state index contributed by atoms with van der Waals surface area (Å²) < 4.78 is 21.3. The minimum Gasteiger partial charge on any atom is -0.497 e. The predicted molar refractivity (Wildman–Crippen MR) is 134 cm³/mol. The van der Waals surface area contributed by atoms with Crippen LogP contribution in [-0.4, -0.2) is 46.4 Å². The number of anilines is 1. The Morgan fingerprint density at radius 2 is 1.57 bits per heavy atom. The van der Waals surface area contributed by atoms with Crippen molar-refractivity contribution in [3.63, 3.8) is 0 Å². The summed E-state index contributed by atoms with van der Waals surface area (Å²) in [5, 5.41) is 5.80. The molecule has 1 atom stereocenters. The van der Waals surface area contributed by atoms with Crippen LogP contribution in [0.25, 0.3) is 0 Å². The average Bonchev–Trinajstić information content (AvgIpc) is 2.89. The first-order chi connectivity index (χ1) is 17.0. The van der Waals surface area contributed by atoms with E-state index in [1.54, 1.807) is 75.9 Å². The topological polar surface area (TPSA) is 95.1 Å². The lowest BCUT2D eigenvalue weighted by atomic mass is 10.1. The van der Waals surface area contributed by atoms with E-state index in [4.69, 9.17) is 18.9 Å². The van der Waals surface area contributed by atoms with Crippen LogP contribution in [0.1, 0.15) is 39.2 Å². The number of amides is 2. The summed E-state index contributed by atoms with van der Waals surface area (Å²) in [4.78, 5) is 25.8. The van der Waals surface area contributed by atoms with Gasteiger partial charge in [0.15, 0.2) is 11.5 Å². The molecular formula is C27H30N2O6. The van der Waals surface area contributed by atoms with Crippen LogP contribution < -0.4 is 24.8 Å². The van der Waals surface area contributed by atoms with Gasteiger partial charge in [-0.2, -0.15) is 0 Å². The Labute approximate surface area is 205 Å². The predicted octanol–water partition coefficient (Wildman–Crippen LogP) is 4.47. The molecule has 0 heterocycles. The van der Waals surface area contributed by atoms with E-state index in [2.05, 4.69) is 10.6 Å². The zero-order valence-corrected chi connectivity index (χ0v) is 20.3.